The fraction of sp³-hybridized carbons (Fsp3) is 0.652. The monoisotopic (exact) mass is 497 g/mol. The molecule has 2 bridgehead atoms. The van der Waals surface area contributed by atoms with Crippen molar-refractivity contribution in [3.63, 3.8) is 0 Å². The summed E-state index contributed by atoms with van der Waals surface area (Å²) in [6.07, 6.45) is 2.20. The first-order chi connectivity index (χ1) is 15.5. The molecule has 6 unspecified atom stereocenters. The molecule has 6 atom stereocenters. The predicted molar refractivity (Wildman–Crippen MR) is 126 cm³/mol. The standard InChI is InChI=1S/C23H30BCl2NO6/c1-22(2)13-9-16(22)23(3)17(10-13)32-24(33-23)18(27-20(28)15(26)11-25)8-12-6-5-7-14(21(29)30)19(12)31-4/h5-7,13,15-18H,8-11H2,1-4H3,(H,27,28)(H,29,30). The Labute approximate surface area is 204 Å². The van der Waals surface area contributed by atoms with Crippen molar-refractivity contribution in [1.82, 2.24) is 5.32 Å². The average Bonchev–Trinajstić information content (AvgIpc) is 3.14. The minimum Gasteiger partial charge on any atom is -0.496 e. The Kier molecular flexibility index (Phi) is 6.68. The first-order valence-electron chi connectivity index (χ1n) is 11.3. The molecule has 1 heterocycles. The van der Waals surface area contributed by atoms with Crippen LogP contribution in [-0.2, 0) is 20.5 Å². The summed E-state index contributed by atoms with van der Waals surface area (Å²) in [5.74, 6) is -0.970. The summed E-state index contributed by atoms with van der Waals surface area (Å²) in [6, 6.07) is 4.90. The van der Waals surface area contributed by atoms with Gasteiger partial charge in [-0.25, -0.2) is 4.79 Å². The van der Waals surface area contributed by atoms with E-state index in [1.54, 1.807) is 12.1 Å². The summed E-state index contributed by atoms with van der Waals surface area (Å²) in [4.78, 5) is 24.3. The average molecular weight is 498 g/mol. The van der Waals surface area contributed by atoms with Crippen LogP contribution in [0.4, 0.5) is 0 Å². The molecule has 1 aromatic carbocycles. The summed E-state index contributed by atoms with van der Waals surface area (Å²) < 4.78 is 18.4. The molecule has 0 spiro atoms. The van der Waals surface area contributed by atoms with Gasteiger partial charge in [-0.3, -0.25) is 4.79 Å². The number of carboxylic acid groups (broad SMARTS) is 1. The highest BCUT2D eigenvalue weighted by molar-refractivity contribution is 6.48. The van der Waals surface area contributed by atoms with Gasteiger partial charge in [0.25, 0.3) is 0 Å². The number of carbonyl (C=O) groups is 2. The lowest BCUT2D eigenvalue weighted by Gasteiger charge is -2.64. The number of amides is 1. The predicted octanol–water partition coefficient (Wildman–Crippen LogP) is 3.53. The van der Waals surface area contributed by atoms with Crippen LogP contribution in [0, 0.1) is 17.3 Å². The van der Waals surface area contributed by atoms with Crippen molar-refractivity contribution < 1.29 is 28.7 Å². The number of hydrogen-bond donors (Lipinski definition) is 2. The Hall–Kier alpha value is -1.48. The zero-order valence-electron chi connectivity index (χ0n) is 19.3. The number of carboxylic acids is 1. The van der Waals surface area contributed by atoms with E-state index in [4.69, 9.17) is 37.2 Å². The summed E-state index contributed by atoms with van der Waals surface area (Å²) >= 11 is 11.9. The Morgan fingerprint density at radius 3 is 2.67 bits per heavy atom. The van der Waals surface area contributed by atoms with Gasteiger partial charge in [-0.15, -0.1) is 23.2 Å². The number of para-hydroxylation sites is 1. The number of alkyl halides is 2. The SMILES string of the molecule is COc1c(CC(NC(=O)C(Cl)CCl)B2OC3CC4CC(C4(C)C)C3(C)O2)cccc1C(=O)O. The third kappa shape index (κ3) is 4.13. The highest BCUT2D eigenvalue weighted by Gasteiger charge is 2.68. The number of nitrogens with one attached hydrogen (secondary N) is 1. The number of benzene rings is 1. The lowest BCUT2D eigenvalue weighted by molar-refractivity contribution is -0.199. The molecule has 1 aliphatic heterocycles. The number of methoxy groups -OCH3 is 1. The van der Waals surface area contributed by atoms with Crippen LogP contribution in [0.25, 0.3) is 0 Å². The molecule has 10 heteroatoms. The van der Waals surface area contributed by atoms with E-state index in [0.29, 0.717) is 17.4 Å². The van der Waals surface area contributed by atoms with E-state index in [-0.39, 0.29) is 35.1 Å². The number of rotatable bonds is 8. The van der Waals surface area contributed by atoms with Gasteiger partial charge in [-0.2, -0.15) is 0 Å². The van der Waals surface area contributed by atoms with E-state index in [2.05, 4.69) is 26.1 Å². The number of aromatic carboxylic acids is 1. The number of ether oxygens (including phenoxy) is 1. The minimum atomic E-state index is -1.09. The Morgan fingerprint density at radius 1 is 1.33 bits per heavy atom. The van der Waals surface area contributed by atoms with Crippen molar-refractivity contribution in [3.8, 4) is 5.75 Å². The normalized spacial score (nSPS) is 31.2. The summed E-state index contributed by atoms with van der Waals surface area (Å²) in [6.45, 7) is 6.67. The number of carbonyl (C=O) groups excluding carboxylic acids is 1. The van der Waals surface area contributed by atoms with Gasteiger partial charge < -0.3 is 24.5 Å². The Morgan fingerprint density at radius 2 is 2.06 bits per heavy atom. The third-order valence-corrected chi connectivity index (χ3v) is 8.83. The van der Waals surface area contributed by atoms with Gasteiger partial charge in [0.05, 0.1) is 24.8 Å². The molecule has 0 radical (unpaired) electrons. The van der Waals surface area contributed by atoms with E-state index in [1.807, 2.05) is 0 Å². The van der Waals surface area contributed by atoms with Gasteiger partial charge >= 0.3 is 13.1 Å². The van der Waals surface area contributed by atoms with Crippen LogP contribution in [0.1, 0.15) is 49.5 Å². The largest absolute Gasteiger partial charge is 0.496 e. The molecule has 4 aliphatic rings. The first-order valence-corrected chi connectivity index (χ1v) is 12.2. The topological polar surface area (TPSA) is 94.1 Å². The maximum absolute atomic E-state index is 12.7. The van der Waals surface area contributed by atoms with Crippen molar-refractivity contribution in [1.29, 1.82) is 0 Å². The molecule has 5 rings (SSSR count). The maximum Gasteiger partial charge on any atom is 0.482 e. The lowest BCUT2D eigenvalue weighted by Crippen LogP contribution is -2.65. The second-order valence-corrected chi connectivity index (χ2v) is 10.9. The lowest BCUT2D eigenvalue weighted by atomic mass is 9.43. The number of halogens is 2. The van der Waals surface area contributed by atoms with E-state index < -0.39 is 35.9 Å². The van der Waals surface area contributed by atoms with Crippen molar-refractivity contribution in [2.75, 3.05) is 13.0 Å². The maximum atomic E-state index is 12.7. The fourth-order valence-electron chi connectivity index (χ4n) is 6.02. The molecule has 7 nitrogen and oxygen atoms in total. The molecule has 2 N–H and O–H groups in total. The molecule has 0 aromatic heterocycles. The zero-order valence-corrected chi connectivity index (χ0v) is 20.8. The zero-order chi connectivity index (χ0) is 24.1. The van der Waals surface area contributed by atoms with Crippen LogP contribution in [0.2, 0.25) is 0 Å². The second-order valence-electron chi connectivity index (χ2n) is 10.1. The summed E-state index contributed by atoms with van der Waals surface area (Å²) in [5, 5.41) is 11.6. The number of hydrogen-bond acceptors (Lipinski definition) is 5. The van der Waals surface area contributed by atoms with Gasteiger partial charge in [-0.05, 0) is 55.1 Å². The van der Waals surface area contributed by atoms with Crippen LogP contribution < -0.4 is 10.1 Å². The van der Waals surface area contributed by atoms with E-state index >= 15 is 0 Å². The van der Waals surface area contributed by atoms with Crippen LogP contribution in [-0.4, -0.2) is 60.1 Å². The minimum absolute atomic E-state index is 0.0391. The molecule has 3 aliphatic carbocycles. The van der Waals surface area contributed by atoms with Crippen molar-refractivity contribution >= 4 is 42.2 Å². The second kappa shape index (κ2) is 8.95. The van der Waals surface area contributed by atoms with E-state index in [1.165, 1.54) is 13.2 Å². The van der Waals surface area contributed by atoms with E-state index in [9.17, 15) is 14.7 Å². The molecular formula is C23H30BCl2NO6. The van der Waals surface area contributed by atoms with Crippen LogP contribution in [0.3, 0.4) is 0 Å². The van der Waals surface area contributed by atoms with Crippen molar-refractivity contribution in [2.24, 2.45) is 17.3 Å². The first kappa shape index (κ1) is 24.6. The molecule has 33 heavy (non-hydrogen) atoms. The summed E-state index contributed by atoms with van der Waals surface area (Å²) in [7, 11) is 0.714. The Bertz CT molecular complexity index is 946. The van der Waals surface area contributed by atoms with Gasteiger partial charge in [-0.1, -0.05) is 26.0 Å². The van der Waals surface area contributed by atoms with E-state index in [0.717, 1.165) is 12.8 Å². The van der Waals surface area contributed by atoms with Gasteiger partial charge in [0.2, 0.25) is 5.91 Å². The highest BCUT2D eigenvalue weighted by atomic mass is 35.5. The smallest absolute Gasteiger partial charge is 0.482 e. The van der Waals surface area contributed by atoms with Crippen LogP contribution in [0.5, 0.6) is 5.75 Å². The quantitative estimate of drug-likeness (QED) is 0.421. The third-order valence-electron chi connectivity index (χ3n) is 8.02. The van der Waals surface area contributed by atoms with Gasteiger partial charge in [0.15, 0.2) is 0 Å². The fourth-order valence-corrected chi connectivity index (χ4v) is 6.22. The molecule has 180 valence electrons. The molecule has 1 aromatic rings. The highest BCUT2D eigenvalue weighted by Crippen LogP contribution is 2.65. The van der Waals surface area contributed by atoms with Crippen molar-refractivity contribution in [3.05, 3.63) is 29.3 Å². The summed E-state index contributed by atoms with van der Waals surface area (Å²) in [5.41, 5.74) is 0.399. The molecular weight excluding hydrogens is 468 g/mol. The van der Waals surface area contributed by atoms with Crippen molar-refractivity contribution in [2.45, 2.75) is 63.1 Å². The van der Waals surface area contributed by atoms with Crippen LogP contribution >= 0.6 is 23.2 Å². The molecule has 1 saturated heterocycles. The molecule has 4 fully saturated rings. The van der Waals surface area contributed by atoms with Gasteiger partial charge in [0.1, 0.15) is 16.7 Å². The van der Waals surface area contributed by atoms with Crippen LogP contribution in [0.15, 0.2) is 18.2 Å². The molecule has 1 amide bonds. The van der Waals surface area contributed by atoms with Gasteiger partial charge in [0, 0.05) is 5.88 Å². The molecule has 3 saturated carbocycles. The Balaban J connectivity index is 1.63.